The van der Waals surface area contributed by atoms with Crippen molar-refractivity contribution in [3.8, 4) is 0 Å². The Balaban J connectivity index is 1.81. The minimum atomic E-state index is -3.96. The summed E-state index contributed by atoms with van der Waals surface area (Å²) >= 11 is 5.94. The van der Waals surface area contributed by atoms with Gasteiger partial charge in [0.1, 0.15) is 5.69 Å². The van der Waals surface area contributed by atoms with Gasteiger partial charge in [-0.05, 0) is 42.5 Å². The highest BCUT2D eigenvalue weighted by Gasteiger charge is 2.23. The van der Waals surface area contributed by atoms with Crippen LogP contribution in [0, 0.1) is 10.1 Å². The second-order valence-corrected chi connectivity index (χ2v) is 8.74. The Morgan fingerprint density at radius 3 is 2.45 bits per heavy atom. The molecule has 31 heavy (non-hydrogen) atoms. The van der Waals surface area contributed by atoms with E-state index in [1.165, 1.54) is 55.6 Å². The number of hydrogen-bond acceptors (Lipinski definition) is 6. The molecule has 0 heterocycles. The lowest BCUT2D eigenvalue weighted by molar-refractivity contribution is -0.384. The summed E-state index contributed by atoms with van der Waals surface area (Å²) in [6.45, 7) is 0. The fraction of sp³-hybridized carbons (Fsp3) is 0.0500. The molecule has 0 unspecified atom stereocenters. The van der Waals surface area contributed by atoms with Crippen LogP contribution in [0.1, 0.15) is 10.4 Å². The molecule has 160 valence electrons. The van der Waals surface area contributed by atoms with E-state index in [0.29, 0.717) is 10.7 Å². The Kier molecular flexibility index (Phi) is 6.42. The molecule has 0 aromatic heterocycles. The van der Waals surface area contributed by atoms with E-state index in [2.05, 4.69) is 10.9 Å². The Morgan fingerprint density at radius 1 is 1.03 bits per heavy atom. The third-order valence-electron chi connectivity index (χ3n) is 4.34. The molecule has 9 nitrogen and oxygen atoms in total. The monoisotopic (exact) mass is 460 g/mol. The zero-order chi connectivity index (χ0) is 22.6. The predicted molar refractivity (Wildman–Crippen MR) is 118 cm³/mol. The van der Waals surface area contributed by atoms with Crippen molar-refractivity contribution in [2.75, 3.05) is 16.8 Å². The first-order valence-corrected chi connectivity index (χ1v) is 10.7. The largest absolute Gasteiger partial charge is 0.294 e. The highest BCUT2D eigenvalue weighted by Crippen LogP contribution is 2.25. The van der Waals surface area contributed by atoms with Crippen LogP contribution in [0.5, 0.6) is 0 Å². The van der Waals surface area contributed by atoms with Gasteiger partial charge in [0.15, 0.2) is 0 Å². The molecule has 0 fully saturated rings. The van der Waals surface area contributed by atoms with Crippen LogP contribution in [-0.2, 0) is 10.0 Å². The molecule has 2 N–H and O–H groups in total. The first kappa shape index (κ1) is 22.1. The summed E-state index contributed by atoms with van der Waals surface area (Å²) in [6, 6.07) is 17.6. The van der Waals surface area contributed by atoms with E-state index in [4.69, 9.17) is 11.6 Å². The predicted octanol–water partition coefficient (Wildman–Crippen LogP) is 3.83. The SMILES string of the molecule is CN(c1cccc(Cl)c1)S(=O)(=O)c1cccc(C(=O)NNc2ccccc2[N+](=O)[O-])c1. The molecule has 11 heteroatoms. The average molecular weight is 461 g/mol. The molecule has 3 aromatic rings. The summed E-state index contributed by atoms with van der Waals surface area (Å²) in [5.41, 5.74) is 5.11. The second kappa shape index (κ2) is 9.02. The molecule has 0 aliphatic carbocycles. The van der Waals surface area contributed by atoms with Crippen LogP contribution in [0.4, 0.5) is 17.1 Å². The van der Waals surface area contributed by atoms with E-state index < -0.39 is 20.9 Å². The van der Waals surface area contributed by atoms with Crippen molar-refractivity contribution >= 4 is 44.6 Å². The van der Waals surface area contributed by atoms with Crippen LogP contribution < -0.4 is 15.2 Å². The second-order valence-electron chi connectivity index (χ2n) is 6.33. The summed E-state index contributed by atoms with van der Waals surface area (Å²) in [4.78, 5) is 22.9. The van der Waals surface area contributed by atoms with E-state index in [1.54, 1.807) is 24.3 Å². The number of hydrogen-bond donors (Lipinski definition) is 2. The summed E-state index contributed by atoms with van der Waals surface area (Å²) in [6.07, 6.45) is 0. The van der Waals surface area contributed by atoms with Crippen molar-refractivity contribution in [3.05, 3.63) is 93.5 Å². The number of sulfonamides is 1. The minimum absolute atomic E-state index is 0.0478. The van der Waals surface area contributed by atoms with E-state index in [-0.39, 0.29) is 21.8 Å². The number of amides is 1. The summed E-state index contributed by atoms with van der Waals surface area (Å²) in [5, 5.41) is 11.4. The number of benzene rings is 3. The number of carbonyl (C=O) groups excluding carboxylic acids is 1. The molecule has 3 rings (SSSR count). The topological polar surface area (TPSA) is 122 Å². The average Bonchev–Trinajstić information content (AvgIpc) is 2.77. The van der Waals surface area contributed by atoms with Gasteiger partial charge >= 0.3 is 0 Å². The molecule has 3 aromatic carbocycles. The van der Waals surface area contributed by atoms with Gasteiger partial charge in [0, 0.05) is 23.7 Å². The van der Waals surface area contributed by atoms with E-state index in [9.17, 15) is 23.3 Å². The molecule has 0 radical (unpaired) electrons. The maximum Gasteiger partial charge on any atom is 0.294 e. The minimum Gasteiger partial charge on any atom is -0.292 e. The van der Waals surface area contributed by atoms with Gasteiger partial charge in [0.05, 0.1) is 15.5 Å². The Hall–Kier alpha value is -3.63. The number of carbonyl (C=O) groups is 1. The standard InChI is InChI=1S/C20H17ClN4O5S/c1-24(16-8-5-7-15(21)13-16)31(29,30)17-9-4-6-14(12-17)20(26)23-22-18-10-2-3-11-19(18)25(27)28/h2-13,22H,1H3,(H,23,26). The van der Waals surface area contributed by atoms with Crippen molar-refractivity contribution < 1.29 is 18.1 Å². The van der Waals surface area contributed by atoms with Gasteiger partial charge in [-0.25, -0.2) is 8.42 Å². The summed E-state index contributed by atoms with van der Waals surface area (Å²) in [5.74, 6) is -0.666. The number of para-hydroxylation sites is 2. The van der Waals surface area contributed by atoms with Crippen LogP contribution >= 0.6 is 11.6 Å². The van der Waals surface area contributed by atoms with Gasteiger partial charge in [-0.2, -0.15) is 0 Å². The maximum atomic E-state index is 13.0. The molecule has 0 aliphatic heterocycles. The normalized spacial score (nSPS) is 10.9. The number of hydrazine groups is 1. The maximum absolute atomic E-state index is 13.0. The smallest absolute Gasteiger partial charge is 0.292 e. The van der Waals surface area contributed by atoms with Gasteiger partial charge < -0.3 is 0 Å². The molecule has 1 amide bonds. The zero-order valence-electron chi connectivity index (χ0n) is 16.2. The van der Waals surface area contributed by atoms with Crippen molar-refractivity contribution in [2.45, 2.75) is 4.90 Å². The molecule has 0 saturated carbocycles. The fourth-order valence-corrected chi connectivity index (χ4v) is 4.12. The van der Waals surface area contributed by atoms with Crippen LogP contribution in [0.15, 0.2) is 77.7 Å². The fourth-order valence-electron chi connectivity index (χ4n) is 2.70. The summed E-state index contributed by atoms with van der Waals surface area (Å²) < 4.78 is 27.0. The number of rotatable bonds is 7. The van der Waals surface area contributed by atoms with E-state index in [1.807, 2.05) is 0 Å². The molecule has 0 bridgehead atoms. The summed E-state index contributed by atoms with van der Waals surface area (Å²) in [7, 11) is -2.59. The van der Waals surface area contributed by atoms with Crippen molar-refractivity contribution in [1.82, 2.24) is 5.43 Å². The zero-order valence-corrected chi connectivity index (χ0v) is 17.7. The Morgan fingerprint density at radius 2 is 1.74 bits per heavy atom. The van der Waals surface area contributed by atoms with Gasteiger partial charge in [-0.1, -0.05) is 35.9 Å². The first-order chi connectivity index (χ1) is 14.7. The number of halogens is 1. The van der Waals surface area contributed by atoms with Crippen LogP contribution in [0.3, 0.4) is 0 Å². The van der Waals surface area contributed by atoms with Crippen molar-refractivity contribution in [1.29, 1.82) is 0 Å². The Labute approximate surface area is 183 Å². The van der Waals surface area contributed by atoms with Crippen molar-refractivity contribution in [2.24, 2.45) is 0 Å². The number of nitro groups is 1. The van der Waals surface area contributed by atoms with Crippen LogP contribution in [-0.4, -0.2) is 26.3 Å². The molecule has 0 aliphatic rings. The third-order valence-corrected chi connectivity index (χ3v) is 6.35. The molecule has 0 saturated heterocycles. The molecular weight excluding hydrogens is 444 g/mol. The van der Waals surface area contributed by atoms with E-state index >= 15 is 0 Å². The highest BCUT2D eigenvalue weighted by molar-refractivity contribution is 7.92. The van der Waals surface area contributed by atoms with Crippen LogP contribution in [0.25, 0.3) is 0 Å². The van der Waals surface area contributed by atoms with Gasteiger partial charge in [-0.3, -0.25) is 30.1 Å². The van der Waals surface area contributed by atoms with Gasteiger partial charge in [0.25, 0.3) is 21.6 Å². The number of nitro benzene ring substituents is 1. The van der Waals surface area contributed by atoms with Crippen molar-refractivity contribution in [3.63, 3.8) is 0 Å². The lowest BCUT2D eigenvalue weighted by Crippen LogP contribution is -2.30. The molecule has 0 atom stereocenters. The molecular formula is C20H17ClN4O5S. The lowest BCUT2D eigenvalue weighted by atomic mass is 10.2. The third kappa shape index (κ3) is 4.93. The number of anilines is 2. The first-order valence-electron chi connectivity index (χ1n) is 8.84. The lowest BCUT2D eigenvalue weighted by Gasteiger charge is -2.20. The van der Waals surface area contributed by atoms with Gasteiger partial charge in [0.2, 0.25) is 0 Å². The number of nitrogens with zero attached hydrogens (tertiary/aromatic N) is 2. The molecule has 0 spiro atoms. The van der Waals surface area contributed by atoms with Crippen LogP contribution in [0.2, 0.25) is 5.02 Å². The quantitative estimate of drug-likeness (QED) is 0.408. The number of nitrogens with one attached hydrogen (secondary N) is 2. The van der Waals surface area contributed by atoms with E-state index in [0.717, 1.165) is 4.31 Å². The van der Waals surface area contributed by atoms with Gasteiger partial charge in [-0.15, -0.1) is 0 Å². The highest BCUT2D eigenvalue weighted by atomic mass is 35.5. The Bertz CT molecular complexity index is 1250.